The molecule has 0 amide bonds. The summed E-state index contributed by atoms with van der Waals surface area (Å²) in [4.78, 5) is 9.88. The summed E-state index contributed by atoms with van der Waals surface area (Å²) in [6.07, 6.45) is 4.15. The van der Waals surface area contributed by atoms with Gasteiger partial charge in [-0.3, -0.25) is 9.91 Å². The van der Waals surface area contributed by atoms with Crippen molar-refractivity contribution in [3.63, 3.8) is 0 Å². The minimum absolute atomic E-state index is 0.0808. The molecule has 8 nitrogen and oxygen atoms in total. The molecule has 0 unspecified atom stereocenters. The highest BCUT2D eigenvalue weighted by Gasteiger charge is 2.21. The number of aromatic amines is 1. The fourth-order valence-electron chi connectivity index (χ4n) is 4.64. The first-order valence-electron chi connectivity index (χ1n) is 12.4. The zero-order chi connectivity index (χ0) is 25.2. The van der Waals surface area contributed by atoms with Crippen LogP contribution in [-0.2, 0) is 13.1 Å². The van der Waals surface area contributed by atoms with E-state index in [2.05, 4.69) is 25.1 Å². The highest BCUT2D eigenvalue weighted by Crippen LogP contribution is 2.26. The summed E-state index contributed by atoms with van der Waals surface area (Å²) < 4.78 is 39.2. The number of hydrogen-bond acceptors (Lipinski definition) is 7. The lowest BCUT2D eigenvalue weighted by atomic mass is 10.1. The number of hydrogen-bond donors (Lipinski definition) is 1. The Labute approximate surface area is 212 Å². The summed E-state index contributed by atoms with van der Waals surface area (Å²) >= 11 is 0. The third-order valence-electron chi connectivity index (χ3n) is 6.62. The van der Waals surface area contributed by atoms with Crippen molar-refractivity contribution in [1.82, 2.24) is 25.0 Å². The summed E-state index contributed by atoms with van der Waals surface area (Å²) in [6, 6.07) is 13.7. The summed E-state index contributed by atoms with van der Waals surface area (Å²) in [5.41, 5.74) is 3.09. The summed E-state index contributed by atoms with van der Waals surface area (Å²) in [5, 5.41) is 10.4. The van der Waals surface area contributed by atoms with Gasteiger partial charge in [0.25, 0.3) is 0 Å². The molecule has 37 heavy (non-hydrogen) atoms. The van der Waals surface area contributed by atoms with E-state index in [0.29, 0.717) is 31.2 Å². The van der Waals surface area contributed by atoms with E-state index in [0.717, 1.165) is 35.3 Å². The molecule has 0 spiro atoms. The molecule has 1 saturated heterocycles. The van der Waals surface area contributed by atoms with Crippen molar-refractivity contribution < 1.29 is 18.0 Å². The van der Waals surface area contributed by atoms with Crippen LogP contribution in [0.15, 0.2) is 58.2 Å². The monoisotopic (exact) mass is 504 g/mol. The van der Waals surface area contributed by atoms with Crippen molar-refractivity contribution in [2.45, 2.75) is 25.9 Å². The third-order valence-corrected chi connectivity index (χ3v) is 6.62. The SMILES string of the molecule is Fc1cccc(-c2nc3c([nH]2)CN(Cc2cc(-c4ccc(OCCN5CCCC5)cc4)no2)N=C3)c1F. The van der Waals surface area contributed by atoms with Crippen molar-refractivity contribution >= 4 is 6.21 Å². The molecule has 0 aliphatic carbocycles. The molecular formula is C27H26F2N6O2. The van der Waals surface area contributed by atoms with Crippen LogP contribution in [0.3, 0.4) is 0 Å². The van der Waals surface area contributed by atoms with Gasteiger partial charge in [0, 0.05) is 18.2 Å². The lowest BCUT2D eigenvalue weighted by Crippen LogP contribution is -2.25. The Hall–Kier alpha value is -4.05. The van der Waals surface area contributed by atoms with Crippen LogP contribution in [0, 0.1) is 11.6 Å². The number of fused-ring (bicyclic) bond motifs is 1. The molecule has 0 radical (unpaired) electrons. The van der Waals surface area contributed by atoms with Crippen molar-refractivity contribution in [1.29, 1.82) is 0 Å². The van der Waals surface area contributed by atoms with E-state index >= 15 is 0 Å². The zero-order valence-corrected chi connectivity index (χ0v) is 20.2. The van der Waals surface area contributed by atoms with Crippen molar-refractivity contribution in [2.24, 2.45) is 5.10 Å². The Kier molecular flexibility index (Phi) is 6.40. The summed E-state index contributed by atoms with van der Waals surface area (Å²) in [7, 11) is 0. The van der Waals surface area contributed by atoms with Gasteiger partial charge in [-0.2, -0.15) is 5.10 Å². The van der Waals surface area contributed by atoms with Crippen molar-refractivity contribution in [2.75, 3.05) is 26.2 Å². The second kappa shape index (κ2) is 10.1. The van der Waals surface area contributed by atoms with Crippen LogP contribution >= 0.6 is 0 Å². The molecule has 1 N–H and O–H groups in total. The van der Waals surface area contributed by atoms with E-state index in [4.69, 9.17) is 9.26 Å². The molecular weight excluding hydrogens is 478 g/mol. The maximum Gasteiger partial charge on any atom is 0.169 e. The topological polar surface area (TPSA) is 82.8 Å². The lowest BCUT2D eigenvalue weighted by molar-refractivity contribution is 0.229. The van der Waals surface area contributed by atoms with Crippen LogP contribution in [0.2, 0.25) is 0 Å². The van der Waals surface area contributed by atoms with Gasteiger partial charge in [0.05, 0.1) is 30.6 Å². The van der Waals surface area contributed by atoms with Gasteiger partial charge in [-0.25, -0.2) is 13.8 Å². The minimum atomic E-state index is -0.932. The number of nitrogens with one attached hydrogen (secondary N) is 1. The van der Waals surface area contributed by atoms with Crippen LogP contribution in [-0.4, -0.2) is 57.5 Å². The molecule has 2 aliphatic rings. The molecule has 2 aromatic carbocycles. The molecule has 2 aliphatic heterocycles. The minimum Gasteiger partial charge on any atom is -0.492 e. The quantitative estimate of drug-likeness (QED) is 0.370. The largest absolute Gasteiger partial charge is 0.492 e. The van der Waals surface area contributed by atoms with E-state index in [1.165, 1.54) is 38.1 Å². The number of nitrogens with zero attached hydrogens (tertiary/aromatic N) is 5. The normalized spacial score (nSPS) is 15.4. The summed E-state index contributed by atoms with van der Waals surface area (Å²) in [6.45, 7) is 4.77. The number of likely N-dealkylation sites (tertiary alicyclic amines) is 1. The fourth-order valence-corrected chi connectivity index (χ4v) is 4.64. The third kappa shape index (κ3) is 5.10. The number of aromatic nitrogens is 3. The first-order valence-corrected chi connectivity index (χ1v) is 12.4. The molecule has 190 valence electrons. The van der Waals surface area contributed by atoms with Crippen LogP contribution in [0.5, 0.6) is 5.75 Å². The second-order valence-electron chi connectivity index (χ2n) is 9.22. The average molecular weight is 505 g/mol. The highest BCUT2D eigenvalue weighted by molar-refractivity contribution is 5.80. The molecule has 4 aromatic rings. The van der Waals surface area contributed by atoms with Gasteiger partial charge >= 0.3 is 0 Å². The Balaban J connectivity index is 1.06. The number of H-pyrrole nitrogens is 1. The standard InChI is InChI=1S/C27H26F2N6O2/c28-22-5-3-4-21(26(22)29)27-31-24-15-30-35(17-25(24)32-27)16-20-14-23(33-37-20)18-6-8-19(9-7-18)36-13-12-34-10-1-2-11-34/h3-9,14-15H,1-2,10-13,16-17H2,(H,31,32). The Bertz CT molecular complexity index is 1410. The first kappa shape index (κ1) is 23.4. The van der Waals surface area contributed by atoms with E-state index in [9.17, 15) is 8.78 Å². The Morgan fingerprint density at radius 3 is 2.73 bits per heavy atom. The van der Waals surface area contributed by atoms with Crippen LogP contribution < -0.4 is 4.74 Å². The molecule has 4 heterocycles. The predicted octanol–water partition coefficient (Wildman–Crippen LogP) is 4.83. The summed E-state index contributed by atoms with van der Waals surface area (Å²) in [5.74, 6) is -0.0958. The van der Waals surface area contributed by atoms with Crippen LogP contribution in [0.25, 0.3) is 22.6 Å². The fraction of sp³-hybridized carbons (Fsp3) is 0.296. The van der Waals surface area contributed by atoms with Gasteiger partial charge in [-0.05, 0) is 62.3 Å². The van der Waals surface area contributed by atoms with Gasteiger partial charge in [0.2, 0.25) is 0 Å². The first-order chi connectivity index (χ1) is 18.1. The smallest absolute Gasteiger partial charge is 0.169 e. The number of hydrazone groups is 1. The average Bonchev–Trinajstić information content (AvgIpc) is 3.67. The predicted molar refractivity (Wildman–Crippen MR) is 134 cm³/mol. The van der Waals surface area contributed by atoms with E-state index in [1.54, 1.807) is 11.2 Å². The number of imidazole rings is 1. The maximum atomic E-state index is 14.2. The maximum absolute atomic E-state index is 14.2. The number of benzene rings is 2. The van der Waals surface area contributed by atoms with Gasteiger partial charge in [0.1, 0.15) is 29.6 Å². The van der Waals surface area contributed by atoms with Crippen LogP contribution in [0.1, 0.15) is 30.0 Å². The molecule has 0 atom stereocenters. The number of halogens is 2. The highest BCUT2D eigenvalue weighted by atomic mass is 19.2. The van der Waals surface area contributed by atoms with Gasteiger partial charge in [0.15, 0.2) is 17.4 Å². The molecule has 6 rings (SSSR count). The molecule has 0 saturated carbocycles. The Morgan fingerprint density at radius 1 is 1.05 bits per heavy atom. The van der Waals surface area contributed by atoms with E-state index in [1.807, 2.05) is 30.3 Å². The van der Waals surface area contributed by atoms with Gasteiger partial charge in [-0.15, -0.1) is 0 Å². The Morgan fingerprint density at radius 2 is 1.89 bits per heavy atom. The van der Waals surface area contributed by atoms with Gasteiger partial charge < -0.3 is 14.2 Å². The number of ether oxygens (including phenoxy) is 1. The molecule has 10 heteroatoms. The molecule has 2 aromatic heterocycles. The van der Waals surface area contributed by atoms with Crippen molar-refractivity contribution in [3.8, 4) is 28.4 Å². The number of rotatable bonds is 8. The zero-order valence-electron chi connectivity index (χ0n) is 20.2. The lowest BCUT2D eigenvalue weighted by Gasteiger charge is -2.19. The van der Waals surface area contributed by atoms with Crippen molar-refractivity contribution in [3.05, 3.63) is 77.3 Å². The van der Waals surface area contributed by atoms with Crippen LogP contribution in [0.4, 0.5) is 8.78 Å². The molecule has 1 fully saturated rings. The molecule has 0 bridgehead atoms. The van der Waals surface area contributed by atoms with Gasteiger partial charge in [-0.1, -0.05) is 11.2 Å². The van der Waals surface area contributed by atoms with E-state index < -0.39 is 11.6 Å². The van der Waals surface area contributed by atoms with E-state index in [-0.39, 0.29) is 11.4 Å². The second-order valence-corrected chi connectivity index (χ2v) is 9.22.